The van der Waals surface area contributed by atoms with Crippen LogP contribution in [0, 0.1) is 11.3 Å². The summed E-state index contributed by atoms with van der Waals surface area (Å²) in [5, 5.41) is 13.1. The van der Waals surface area contributed by atoms with E-state index in [1.165, 1.54) is 0 Å². The number of hydrogen-bond donors (Lipinski definition) is 3. The highest BCUT2D eigenvalue weighted by Crippen LogP contribution is 2.55. The lowest BCUT2D eigenvalue weighted by Crippen LogP contribution is -2.56. The maximum atomic E-state index is 13.2. The van der Waals surface area contributed by atoms with Gasteiger partial charge in [0.2, 0.25) is 11.8 Å². The topological polar surface area (TPSA) is 108 Å². The van der Waals surface area contributed by atoms with Gasteiger partial charge < -0.3 is 20.5 Å². The zero-order valence-electron chi connectivity index (χ0n) is 16.5. The molecule has 1 aromatic rings. The molecule has 1 aromatic carbocycles. The summed E-state index contributed by atoms with van der Waals surface area (Å²) >= 11 is 0. The Labute approximate surface area is 169 Å². The number of amides is 2. The normalized spacial score (nSPS) is 31.1. The quantitative estimate of drug-likeness (QED) is 0.657. The van der Waals surface area contributed by atoms with E-state index in [2.05, 4.69) is 22.5 Å². The fourth-order valence-corrected chi connectivity index (χ4v) is 5.36. The van der Waals surface area contributed by atoms with Crippen molar-refractivity contribution in [3.05, 3.63) is 29.8 Å². The minimum Gasteiger partial charge on any atom is -0.483 e. The molecule has 5 rings (SSSR count). The van der Waals surface area contributed by atoms with E-state index in [1.807, 2.05) is 24.3 Å². The number of anilines is 1. The molecular weight excluding hydrogens is 374 g/mol. The summed E-state index contributed by atoms with van der Waals surface area (Å²) in [5.41, 5.74) is 0.988. The molecule has 0 aliphatic carbocycles. The summed E-state index contributed by atoms with van der Waals surface area (Å²) in [4.78, 5) is 37.1. The van der Waals surface area contributed by atoms with Crippen molar-refractivity contribution in [3.8, 4) is 0 Å². The third-order valence-corrected chi connectivity index (χ3v) is 6.68. The second-order valence-electron chi connectivity index (χ2n) is 8.67. The molecule has 0 bridgehead atoms. The van der Waals surface area contributed by atoms with E-state index in [1.54, 1.807) is 0 Å². The zero-order valence-corrected chi connectivity index (χ0v) is 16.5. The van der Waals surface area contributed by atoms with Crippen LogP contribution in [0.5, 0.6) is 0 Å². The van der Waals surface area contributed by atoms with Crippen LogP contribution < -0.4 is 10.6 Å². The molecule has 0 saturated carbocycles. The van der Waals surface area contributed by atoms with E-state index in [4.69, 9.17) is 14.6 Å². The summed E-state index contributed by atoms with van der Waals surface area (Å²) in [5.74, 6) is -0.387. The molecule has 2 amide bonds. The summed E-state index contributed by atoms with van der Waals surface area (Å²) in [6.07, 6.45) is 2.90. The highest BCUT2D eigenvalue weighted by atomic mass is 16.5. The number of nitrogens with one attached hydrogen (secondary N) is 2. The first-order chi connectivity index (χ1) is 14.0. The number of nitrogens with zero attached hydrogens (tertiary/aromatic N) is 1. The third-order valence-electron chi connectivity index (χ3n) is 6.68. The second kappa shape index (κ2) is 7.42. The van der Waals surface area contributed by atoms with Gasteiger partial charge in [0.25, 0.3) is 6.47 Å². The molecule has 3 N–H and O–H groups in total. The molecule has 8 nitrogen and oxygen atoms in total. The number of para-hydroxylation sites is 1. The Kier molecular flexibility index (Phi) is 5.08. The van der Waals surface area contributed by atoms with Crippen LogP contribution in [-0.4, -0.2) is 60.6 Å². The van der Waals surface area contributed by atoms with Crippen LogP contribution in [0.3, 0.4) is 0 Å². The average Bonchev–Trinajstić information content (AvgIpc) is 3.33. The van der Waals surface area contributed by atoms with Crippen LogP contribution in [0.15, 0.2) is 24.3 Å². The summed E-state index contributed by atoms with van der Waals surface area (Å²) in [7, 11) is 0. The predicted octanol–water partition coefficient (Wildman–Crippen LogP) is 1.17. The van der Waals surface area contributed by atoms with Gasteiger partial charge >= 0.3 is 0 Å². The van der Waals surface area contributed by atoms with Gasteiger partial charge in [0.1, 0.15) is 5.54 Å². The maximum absolute atomic E-state index is 13.2. The molecule has 4 aliphatic rings. The molecule has 29 heavy (non-hydrogen) atoms. The standard InChI is InChI=1S/C20H25N3O3.CH2O2/c1-19(11-26-12-19)10-21-17(24)15-9-13-5-4-8-23(13)20(15)14-6-2-3-7-16(14)22-18(20)25;2-1-3/h2-3,6-7,13,15H,4-5,8-12H2,1H3,(H,21,24)(H,22,25);1H,(H,2,3)/t13-,15-,20+;/m1./s1. The number of carboxylic acid groups (broad SMARTS) is 1. The molecule has 0 unspecified atom stereocenters. The van der Waals surface area contributed by atoms with Crippen LogP contribution in [-0.2, 0) is 24.7 Å². The van der Waals surface area contributed by atoms with E-state index in [0.717, 1.165) is 37.1 Å². The summed E-state index contributed by atoms with van der Waals surface area (Å²) < 4.78 is 5.29. The van der Waals surface area contributed by atoms with Crippen molar-refractivity contribution in [1.29, 1.82) is 0 Å². The SMILES string of the molecule is CC1(CNC(=O)[C@H]2C[C@H]3CCCN3[C@]23C(=O)Nc2ccccc23)COC1.O=CO. The van der Waals surface area contributed by atoms with Gasteiger partial charge in [0.05, 0.1) is 19.1 Å². The van der Waals surface area contributed by atoms with Crippen LogP contribution in [0.4, 0.5) is 5.69 Å². The largest absolute Gasteiger partial charge is 0.483 e. The van der Waals surface area contributed by atoms with Crippen molar-refractivity contribution in [2.24, 2.45) is 11.3 Å². The average molecular weight is 401 g/mol. The predicted molar refractivity (Wildman–Crippen MR) is 105 cm³/mol. The van der Waals surface area contributed by atoms with Crippen LogP contribution >= 0.6 is 0 Å². The van der Waals surface area contributed by atoms with Gasteiger partial charge in [-0.05, 0) is 31.9 Å². The van der Waals surface area contributed by atoms with Gasteiger partial charge in [-0.1, -0.05) is 25.1 Å². The Bertz CT molecular complexity index is 824. The highest BCUT2D eigenvalue weighted by Gasteiger charge is 2.65. The first-order valence-corrected chi connectivity index (χ1v) is 10.1. The van der Waals surface area contributed by atoms with Gasteiger partial charge in [-0.15, -0.1) is 0 Å². The van der Waals surface area contributed by atoms with Crippen molar-refractivity contribution in [1.82, 2.24) is 10.2 Å². The van der Waals surface area contributed by atoms with Crippen LogP contribution in [0.25, 0.3) is 0 Å². The first-order valence-electron chi connectivity index (χ1n) is 10.1. The molecule has 4 heterocycles. The van der Waals surface area contributed by atoms with Crippen molar-refractivity contribution in [2.45, 2.75) is 37.8 Å². The molecule has 3 saturated heterocycles. The van der Waals surface area contributed by atoms with Crippen molar-refractivity contribution in [3.63, 3.8) is 0 Å². The number of ether oxygens (including phenoxy) is 1. The molecule has 8 heteroatoms. The van der Waals surface area contributed by atoms with Gasteiger partial charge in [0, 0.05) is 29.3 Å². The fraction of sp³-hybridized carbons (Fsp3) is 0.571. The number of carbonyl (C=O) groups excluding carboxylic acids is 2. The highest BCUT2D eigenvalue weighted by molar-refractivity contribution is 6.09. The second-order valence-corrected chi connectivity index (χ2v) is 8.67. The van der Waals surface area contributed by atoms with Crippen LogP contribution in [0.2, 0.25) is 0 Å². The fourth-order valence-electron chi connectivity index (χ4n) is 5.36. The number of rotatable bonds is 3. The van der Waals surface area contributed by atoms with Gasteiger partial charge in [-0.25, -0.2) is 0 Å². The Morgan fingerprint density at radius 2 is 2.14 bits per heavy atom. The van der Waals surface area contributed by atoms with E-state index >= 15 is 0 Å². The van der Waals surface area contributed by atoms with E-state index < -0.39 is 5.54 Å². The van der Waals surface area contributed by atoms with E-state index in [0.29, 0.717) is 25.8 Å². The van der Waals surface area contributed by atoms with E-state index in [9.17, 15) is 9.59 Å². The molecular formula is C21H27N3O5. The molecule has 4 aliphatic heterocycles. The number of hydrogen-bond acceptors (Lipinski definition) is 5. The van der Waals surface area contributed by atoms with Gasteiger partial charge in [-0.2, -0.15) is 0 Å². The van der Waals surface area contributed by atoms with Crippen molar-refractivity contribution < 1.29 is 24.2 Å². The lowest BCUT2D eigenvalue weighted by molar-refractivity contribution is -0.139. The summed E-state index contributed by atoms with van der Waals surface area (Å²) in [6, 6.07) is 8.15. The Morgan fingerprint density at radius 1 is 1.41 bits per heavy atom. The zero-order chi connectivity index (χ0) is 20.6. The smallest absolute Gasteiger partial charge is 0.290 e. The van der Waals surface area contributed by atoms with Gasteiger partial charge in [-0.3, -0.25) is 19.3 Å². The molecule has 3 fully saturated rings. The number of fused-ring (bicyclic) bond motifs is 4. The third kappa shape index (κ3) is 3.02. The molecule has 1 spiro atoms. The van der Waals surface area contributed by atoms with E-state index in [-0.39, 0.29) is 29.6 Å². The Hall–Kier alpha value is -2.45. The monoisotopic (exact) mass is 401 g/mol. The number of benzene rings is 1. The molecule has 3 atom stereocenters. The van der Waals surface area contributed by atoms with Gasteiger partial charge in [0.15, 0.2) is 0 Å². The lowest BCUT2D eigenvalue weighted by Gasteiger charge is -2.39. The van der Waals surface area contributed by atoms with Crippen molar-refractivity contribution >= 4 is 24.0 Å². The van der Waals surface area contributed by atoms with Crippen molar-refractivity contribution in [2.75, 3.05) is 31.6 Å². The summed E-state index contributed by atoms with van der Waals surface area (Å²) in [6.45, 7) is 4.72. The first kappa shape index (κ1) is 19.8. The molecule has 0 radical (unpaired) electrons. The number of carbonyl (C=O) groups is 3. The lowest BCUT2D eigenvalue weighted by atomic mass is 9.78. The minimum atomic E-state index is -0.848. The minimum absolute atomic E-state index is 0.000576. The maximum Gasteiger partial charge on any atom is 0.290 e. The molecule has 156 valence electrons. The Balaban J connectivity index is 0.000000645. The Morgan fingerprint density at radius 3 is 2.83 bits per heavy atom. The van der Waals surface area contributed by atoms with Crippen LogP contribution in [0.1, 0.15) is 31.7 Å². The molecule has 0 aromatic heterocycles.